The standard InChI is InChI=1S/C24H42N4O3/c1-3-5-15-30-17-18-31-16-12-26-24(25-4-2)27-19-21-6-8-22(9-7-21)20-28-13-10-23(29)11-14-28/h6-9,23,29H,3-5,10-20H2,1-2H3,(H2,25,26,27). The number of aliphatic hydroxyl groups is 1. The van der Waals surface area contributed by atoms with Crippen molar-refractivity contribution in [3.05, 3.63) is 35.4 Å². The average Bonchev–Trinajstić information content (AvgIpc) is 2.79. The Hall–Kier alpha value is -1.67. The highest BCUT2D eigenvalue weighted by Gasteiger charge is 2.16. The van der Waals surface area contributed by atoms with Crippen molar-refractivity contribution in [3.8, 4) is 0 Å². The van der Waals surface area contributed by atoms with Gasteiger partial charge in [-0.3, -0.25) is 4.90 Å². The molecule has 1 fully saturated rings. The minimum atomic E-state index is -0.118. The molecule has 0 bridgehead atoms. The van der Waals surface area contributed by atoms with Gasteiger partial charge in [0.15, 0.2) is 5.96 Å². The fourth-order valence-electron chi connectivity index (χ4n) is 3.41. The summed E-state index contributed by atoms with van der Waals surface area (Å²) in [5, 5.41) is 16.2. The summed E-state index contributed by atoms with van der Waals surface area (Å²) in [6.07, 6.45) is 3.91. The molecule has 0 radical (unpaired) electrons. The Labute approximate surface area is 188 Å². The topological polar surface area (TPSA) is 78.4 Å². The van der Waals surface area contributed by atoms with Crippen LogP contribution in [0.5, 0.6) is 0 Å². The molecule has 1 aromatic rings. The molecule has 1 saturated heterocycles. The number of benzene rings is 1. The lowest BCUT2D eigenvalue weighted by atomic mass is 10.1. The summed E-state index contributed by atoms with van der Waals surface area (Å²) in [6.45, 7) is 12.0. The molecule has 2 rings (SSSR count). The Balaban J connectivity index is 1.66. The van der Waals surface area contributed by atoms with Crippen LogP contribution < -0.4 is 10.6 Å². The molecule has 0 saturated carbocycles. The van der Waals surface area contributed by atoms with Crippen molar-refractivity contribution in [2.24, 2.45) is 4.99 Å². The van der Waals surface area contributed by atoms with Crippen molar-refractivity contribution in [1.82, 2.24) is 15.5 Å². The lowest BCUT2D eigenvalue weighted by molar-refractivity contribution is 0.0487. The number of unbranched alkanes of at least 4 members (excludes halogenated alkanes) is 1. The van der Waals surface area contributed by atoms with E-state index in [0.29, 0.717) is 32.9 Å². The molecule has 0 amide bonds. The van der Waals surface area contributed by atoms with Crippen molar-refractivity contribution in [3.63, 3.8) is 0 Å². The quantitative estimate of drug-likeness (QED) is 0.237. The number of nitrogens with zero attached hydrogens (tertiary/aromatic N) is 2. The molecule has 1 aliphatic rings. The van der Waals surface area contributed by atoms with Crippen molar-refractivity contribution < 1.29 is 14.6 Å². The van der Waals surface area contributed by atoms with Crippen LogP contribution in [0.1, 0.15) is 50.7 Å². The van der Waals surface area contributed by atoms with E-state index in [1.54, 1.807) is 0 Å². The Kier molecular flexibility index (Phi) is 13.2. The summed E-state index contributed by atoms with van der Waals surface area (Å²) in [7, 11) is 0. The van der Waals surface area contributed by atoms with Gasteiger partial charge in [0.25, 0.3) is 0 Å². The highest BCUT2D eigenvalue weighted by atomic mass is 16.5. The van der Waals surface area contributed by atoms with E-state index in [-0.39, 0.29) is 6.10 Å². The lowest BCUT2D eigenvalue weighted by Crippen LogP contribution is -2.39. The molecule has 0 aromatic heterocycles. The first-order valence-corrected chi connectivity index (χ1v) is 11.9. The zero-order valence-corrected chi connectivity index (χ0v) is 19.4. The molecule has 1 heterocycles. The summed E-state index contributed by atoms with van der Waals surface area (Å²) in [5.74, 6) is 0.807. The second kappa shape index (κ2) is 16.0. The molecule has 7 nitrogen and oxygen atoms in total. The fraction of sp³-hybridized carbons (Fsp3) is 0.708. The van der Waals surface area contributed by atoms with E-state index in [2.05, 4.69) is 58.6 Å². The highest BCUT2D eigenvalue weighted by molar-refractivity contribution is 5.79. The van der Waals surface area contributed by atoms with E-state index < -0.39 is 0 Å². The minimum Gasteiger partial charge on any atom is -0.393 e. The second-order valence-electron chi connectivity index (χ2n) is 8.02. The van der Waals surface area contributed by atoms with Crippen LogP contribution in [0.15, 0.2) is 29.3 Å². The third-order valence-electron chi connectivity index (χ3n) is 5.30. The SMILES string of the molecule is CCCCOCCOCCNC(=NCc1ccc(CN2CCC(O)CC2)cc1)NCC. The van der Waals surface area contributed by atoms with E-state index >= 15 is 0 Å². The molecule has 0 spiro atoms. The zero-order valence-electron chi connectivity index (χ0n) is 19.4. The second-order valence-corrected chi connectivity index (χ2v) is 8.02. The molecule has 1 aromatic carbocycles. The first-order valence-electron chi connectivity index (χ1n) is 11.9. The maximum atomic E-state index is 9.64. The van der Waals surface area contributed by atoms with Gasteiger partial charge in [-0.1, -0.05) is 37.6 Å². The number of likely N-dealkylation sites (tertiary alicyclic amines) is 1. The Morgan fingerprint density at radius 2 is 1.68 bits per heavy atom. The van der Waals surface area contributed by atoms with Gasteiger partial charge in [0.05, 0.1) is 32.5 Å². The van der Waals surface area contributed by atoms with Crippen LogP contribution >= 0.6 is 0 Å². The number of aliphatic hydroxyl groups excluding tert-OH is 1. The van der Waals surface area contributed by atoms with E-state index in [9.17, 15) is 5.11 Å². The van der Waals surface area contributed by atoms with Crippen LogP contribution in [0.25, 0.3) is 0 Å². The Morgan fingerprint density at radius 3 is 2.35 bits per heavy atom. The largest absolute Gasteiger partial charge is 0.393 e. The smallest absolute Gasteiger partial charge is 0.191 e. The van der Waals surface area contributed by atoms with Crippen molar-refractivity contribution >= 4 is 5.96 Å². The molecule has 0 aliphatic carbocycles. The number of nitrogens with one attached hydrogen (secondary N) is 2. The van der Waals surface area contributed by atoms with Crippen molar-refractivity contribution in [1.29, 1.82) is 0 Å². The molecule has 7 heteroatoms. The summed E-state index contributed by atoms with van der Waals surface area (Å²) < 4.78 is 11.1. The molecule has 3 N–H and O–H groups in total. The number of piperidine rings is 1. The molecule has 1 aliphatic heterocycles. The summed E-state index contributed by atoms with van der Waals surface area (Å²) in [4.78, 5) is 7.09. The molecule has 176 valence electrons. The number of hydrogen-bond donors (Lipinski definition) is 3. The van der Waals surface area contributed by atoms with Crippen LogP contribution in [0.3, 0.4) is 0 Å². The van der Waals surface area contributed by atoms with Crippen LogP contribution in [0, 0.1) is 0 Å². The van der Waals surface area contributed by atoms with Crippen molar-refractivity contribution in [2.75, 3.05) is 52.6 Å². The van der Waals surface area contributed by atoms with Crippen molar-refractivity contribution in [2.45, 2.75) is 58.7 Å². The van der Waals surface area contributed by atoms with E-state index in [4.69, 9.17) is 9.47 Å². The normalized spacial score (nSPS) is 15.9. The monoisotopic (exact) mass is 434 g/mol. The van der Waals surface area contributed by atoms with Gasteiger partial charge in [0.2, 0.25) is 0 Å². The van der Waals surface area contributed by atoms with Crippen LogP contribution in [-0.2, 0) is 22.6 Å². The van der Waals surface area contributed by atoms with Gasteiger partial charge in [-0.05, 0) is 37.3 Å². The number of rotatable bonds is 14. The lowest BCUT2D eigenvalue weighted by Gasteiger charge is -2.29. The average molecular weight is 435 g/mol. The van der Waals surface area contributed by atoms with Gasteiger partial charge in [0.1, 0.15) is 0 Å². The number of ether oxygens (including phenoxy) is 2. The summed E-state index contributed by atoms with van der Waals surface area (Å²) >= 11 is 0. The molecule has 0 unspecified atom stereocenters. The van der Waals surface area contributed by atoms with Gasteiger partial charge in [-0.25, -0.2) is 4.99 Å². The third-order valence-corrected chi connectivity index (χ3v) is 5.30. The predicted octanol–water partition coefficient (Wildman–Crippen LogP) is 2.53. The number of hydrogen-bond acceptors (Lipinski definition) is 5. The highest BCUT2D eigenvalue weighted by Crippen LogP contribution is 2.14. The maximum Gasteiger partial charge on any atom is 0.191 e. The van der Waals surface area contributed by atoms with Crippen LogP contribution in [0.4, 0.5) is 0 Å². The number of guanidine groups is 1. The van der Waals surface area contributed by atoms with E-state index in [1.807, 2.05) is 0 Å². The predicted molar refractivity (Wildman–Crippen MR) is 126 cm³/mol. The van der Waals surface area contributed by atoms with E-state index in [0.717, 1.165) is 64.4 Å². The van der Waals surface area contributed by atoms with Crippen LogP contribution in [-0.4, -0.2) is 74.7 Å². The first kappa shape index (κ1) is 25.6. The van der Waals surface area contributed by atoms with Crippen LogP contribution in [0.2, 0.25) is 0 Å². The fourth-order valence-corrected chi connectivity index (χ4v) is 3.41. The van der Waals surface area contributed by atoms with Gasteiger partial charge in [-0.15, -0.1) is 0 Å². The first-order chi connectivity index (χ1) is 15.2. The summed E-state index contributed by atoms with van der Waals surface area (Å²) in [6, 6.07) is 8.69. The number of aliphatic imine (C=N–C) groups is 1. The molecule has 0 atom stereocenters. The Morgan fingerprint density at radius 1 is 1.00 bits per heavy atom. The van der Waals surface area contributed by atoms with Gasteiger partial charge < -0.3 is 25.2 Å². The zero-order chi connectivity index (χ0) is 22.2. The third kappa shape index (κ3) is 11.5. The van der Waals surface area contributed by atoms with Gasteiger partial charge >= 0.3 is 0 Å². The van der Waals surface area contributed by atoms with Gasteiger partial charge in [-0.2, -0.15) is 0 Å². The van der Waals surface area contributed by atoms with E-state index in [1.165, 1.54) is 11.1 Å². The van der Waals surface area contributed by atoms with Gasteiger partial charge in [0, 0.05) is 39.3 Å². The molecular formula is C24H42N4O3. The summed E-state index contributed by atoms with van der Waals surface area (Å²) in [5.41, 5.74) is 2.50. The minimum absolute atomic E-state index is 0.118. The maximum absolute atomic E-state index is 9.64. The molecular weight excluding hydrogens is 392 g/mol. The molecule has 31 heavy (non-hydrogen) atoms. The Bertz CT molecular complexity index is 601.